The molecular formula is C10H14ClFN2. The summed E-state index contributed by atoms with van der Waals surface area (Å²) in [4.78, 5) is 3.91. The molecule has 1 atom stereocenters. The Bertz CT molecular complexity index is 315. The highest BCUT2D eigenvalue weighted by Crippen LogP contribution is 2.14. The van der Waals surface area contributed by atoms with E-state index >= 15 is 0 Å². The lowest BCUT2D eigenvalue weighted by Crippen LogP contribution is -2.29. The van der Waals surface area contributed by atoms with E-state index in [0.717, 1.165) is 0 Å². The molecule has 0 aliphatic carbocycles. The second-order valence-electron chi connectivity index (χ2n) is 3.69. The smallest absolute Gasteiger partial charge is 0.146 e. The molecule has 0 fully saturated rings. The monoisotopic (exact) mass is 216 g/mol. The summed E-state index contributed by atoms with van der Waals surface area (Å²) in [7, 11) is 0. The SMILES string of the molecule is CC(C)C(N)Cc1ncc(Cl)cc1F. The van der Waals surface area contributed by atoms with E-state index in [9.17, 15) is 4.39 Å². The van der Waals surface area contributed by atoms with Crippen LogP contribution in [-0.2, 0) is 6.42 Å². The average molecular weight is 217 g/mol. The van der Waals surface area contributed by atoms with Crippen LogP contribution in [0.4, 0.5) is 4.39 Å². The Hall–Kier alpha value is -0.670. The van der Waals surface area contributed by atoms with Gasteiger partial charge in [-0.15, -0.1) is 0 Å². The van der Waals surface area contributed by atoms with Crippen molar-refractivity contribution in [1.82, 2.24) is 4.98 Å². The summed E-state index contributed by atoms with van der Waals surface area (Å²) >= 11 is 5.58. The third kappa shape index (κ3) is 2.93. The maximum Gasteiger partial charge on any atom is 0.146 e. The third-order valence-corrected chi connectivity index (χ3v) is 2.38. The Balaban J connectivity index is 2.77. The number of pyridine rings is 1. The lowest BCUT2D eigenvalue weighted by Gasteiger charge is -2.14. The molecule has 2 nitrogen and oxygen atoms in total. The van der Waals surface area contributed by atoms with Crippen LogP contribution in [0.2, 0.25) is 5.02 Å². The Kier molecular flexibility index (Phi) is 3.84. The van der Waals surface area contributed by atoms with E-state index < -0.39 is 0 Å². The van der Waals surface area contributed by atoms with Crippen molar-refractivity contribution in [3.8, 4) is 0 Å². The third-order valence-electron chi connectivity index (χ3n) is 2.17. The number of nitrogens with two attached hydrogens (primary N) is 1. The van der Waals surface area contributed by atoms with Gasteiger partial charge in [-0.2, -0.15) is 0 Å². The molecular weight excluding hydrogens is 203 g/mol. The van der Waals surface area contributed by atoms with Crippen LogP contribution in [0.15, 0.2) is 12.3 Å². The number of halogens is 2. The minimum absolute atomic E-state index is 0.0711. The molecule has 0 bridgehead atoms. The summed E-state index contributed by atoms with van der Waals surface area (Å²) < 4.78 is 13.3. The maximum atomic E-state index is 13.3. The average Bonchev–Trinajstić information content (AvgIpc) is 2.09. The highest BCUT2D eigenvalue weighted by molar-refractivity contribution is 6.30. The fourth-order valence-electron chi connectivity index (χ4n) is 1.05. The Labute approximate surface area is 88.3 Å². The van der Waals surface area contributed by atoms with Gasteiger partial charge in [0.2, 0.25) is 0 Å². The van der Waals surface area contributed by atoms with Gasteiger partial charge < -0.3 is 5.73 Å². The molecule has 1 heterocycles. The molecule has 0 amide bonds. The predicted molar refractivity (Wildman–Crippen MR) is 55.7 cm³/mol. The van der Waals surface area contributed by atoms with Crippen LogP contribution in [0.25, 0.3) is 0 Å². The van der Waals surface area contributed by atoms with Crippen molar-refractivity contribution in [2.45, 2.75) is 26.3 Å². The van der Waals surface area contributed by atoms with E-state index in [1.54, 1.807) is 0 Å². The summed E-state index contributed by atoms with van der Waals surface area (Å²) in [6.45, 7) is 4.00. The number of nitrogens with zero attached hydrogens (tertiary/aromatic N) is 1. The van der Waals surface area contributed by atoms with Crippen LogP contribution in [-0.4, -0.2) is 11.0 Å². The first-order valence-electron chi connectivity index (χ1n) is 4.56. The highest BCUT2D eigenvalue weighted by atomic mass is 35.5. The fourth-order valence-corrected chi connectivity index (χ4v) is 1.20. The number of rotatable bonds is 3. The maximum absolute atomic E-state index is 13.3. The molecule has 0 aromatic carbocycles. The molecule has 1 aromatic heterocycles. The van der Waals surface area contributed by atoms with Crippen molar-refractivity contribution in [3.63, 3.8) is 0 Å². The minimum atomic E-state index is -0.381. The van der Waals surface area contributed by atoms with Crippen LogP contribution in [0.5, 0.6) is 0 Å². The quantitative estimate of drug-likeness (QED) is 0.843. The first-order chi connectivity index (χ1) is 6.50. The lowest BCUT2D eigenvalue weighted by atomic mass is 10.00. The fraction of sp³-hybridized carbons (Fsp3) is 0.500. The predicted octanol–water partition coefficient (Wildman–Crippen LogP) is 2.40. The molecule has 1 aromatic rings. The second-order valence-corrected chi connectivity index (χ2v) is 4.13. The van der Waals surface area contributed by atoms with E-state index in [1.165, 1.54) is 12.3 Å². The topological polar surface area (TPSA) is 38.9 Å². The Morgan fingerprint density at radius 1 is 1.57 bits per heavy atom. The molecule has 0 spiro atoms. The Morgan fingerprint density at radius 3 is 2.71 bits per heavy atom. The van der Waals surface area contributed by atoms with E-state index in [2.05, 4.69) is 4.98 Å². The molecule has 0 radical (unpaired) electrons. The summed E-state index contributed by atoms with van der Waals surface area (Å²) in [6, 6.07) is 1.19. The van der Waals surface area contributed by atoms with Gasteiger partial charge in [0.1, 0.15) is 5.82 Å². The highest BCUT2D eigenvalue weighted by Gasteiger charge is 2.12. The van der Waals surface area contributed by atoms with E-state index in [-0.39, 0.29) is 11.9 Å². The second kappa shape index (κ2) is 4.71. The van der Waals surface area contributed by atoms with Crippen LogP contribution in [0.1, 0.15) is 19.5 Å². The zero-order valence-corrected chi connectivity index (χ0v) is 9.05. The molecule has 1 unspecified atom stereocenters. The van der Waals surface area contributed by atoms with E-state index in [0.29, 0.717) is 23.1 Å². The van der Waals surface area contributed by atoms with Gasteiger partial charge in [0.25, 0.3) is 0 Å². The normalized spacial score (nSPS) is 13.3. The molecule has 4 heteroatoms. The molecule has 0 aliphatic heterocycles. The summed E-state index contributed by atoms with van der Waals surface area (Å²) in [5, 5.41) is 0.310. The molecule has 0 saturated heterocycles. The lowest BCUT2D eigenvalue weighted by molar-refractivity contribution is 0.473. The molecule has 78 valence electrons. The van der Waals surface area contributed by atoms with Gasteiger partial charge in [0, 0.05) is 18.7 Å². The number of hydrogen-bond donors (Lipinski definition) is 1. The van der Waals surface area contributed by atoms with Crippen LogP contribution < -0.4 is 5.73 Å². The van der Waals surface area contributed by atoms with Gasteiger partial charge in [0.15, 0.2) is 0 Å². The number of hydrogen-bond acceptors (Lipinski definition) is 2. The molecule has 2 N–H and O–H groups in total. The standard InChI is InChI=1S/C10H14ClFN2/c1-6(2)9(13)4-10-8(12)3-7(11)5-14-10/h3,5-6,9H,4,13H2,1-2H3. The Morgan fingerprint density at radius 2 is 2.21 bits per heavy atom. The van der Waals surface area contributed by atoms with E-state index in [1.807, 2.05) is 13.8 Å². The zero-order valence-electron chi connectivity index (χ0n) is 8.30. The van der Waals surface area contributed by atoms with Crippen LogP contribution >= 0.6 is 11.6 Å². The van der Waals surface area contributed by atoms with Gasteiger partial charge in [-0.05, 0) is 12.0 Å². The first kappa shape index (κ1) is 11.4. The van der Waals surface area contributed by atoms with Gasteiger partial charge in [-0.1, -0.05) is 25.4 Å². The molecule has 0 saturated carbocycles. The van der Waals surface area contributed by atoms with Gasteiger partial charge in [0.05, 0.1) is 10.7 Å². The van der Waals surface area contributed by atoms with Crippen molar-refractivity contribution in [3.05, 3.63) is 28.8 Å². The summed E-state index contributed by atoms with van der Waals surface area (Å²) in [5.74, 6) is -0.0690. The van der Waals surface area contributed by atoms with Crippen molar-refractivity contribution in [1.29, 1.82) is 0 Å². The summed E-state index contributed by atoms with van der Waals surface area (Å²) in [6.07, 6.45) is 1.88. The van der Waals surface area contributed by atoms with Crippen molar-refractivity contribution in [2.24, 2.45) is 11.7 Å². The molecule has 14 heavy (non-hydrogen) atoms. The first-order valence-corrected chi connectivity index (χ1v) is 4.94. The molecule has 0 aliphatic rings. The molecule has 1 rings (SSSR count). The summed E-state index contributed by atoms with van der Waals surface area (Å²) in [5.41, 5.74) is 6.20. The zero-order chi connectivity index (χ0) is 10.7. The van der Waals surface area contributed by atoms with Crippen molar-refractivity contribution >= 4 is 11.6 Å². The van der Waals surface area contributed by atoms with Crippen molar-refractivity contribution in [2.75, 3.05) is 0 Å². The largest absolute Gasteiger partial charge is 0.327 e. The van der Waals surface area contributed by atoms with Crippen LogP contribution in [0.3, 0.4) is 0 Å². The van der Waals surface area contributed by atoms with E-state index in [4.69, 9.17) is 17.3 Å². The minimum Gasteiger partial charge on any atom is -0.327 e. The van der Waals surface area contributed by atoms with Gasteiger partial charge in [-0.3, -0.25) is 4.98 Å². The van der Waals surface area contributed by atoms with Crippen LogP contribution in [0, 0.1) is 11.7 Å². The van der Waals surface area contributed by atoms with Gasteiger partial charge in [-0.25, -0.2) is 4.39 Å². The van der Waals surface area contributed by atoms with Gasteiger partial charge >= 0.3 is 0 Å². The van der Waals surface area contributed by atoms with Crippen molar-refractivity contribution < 1.29 is 4.39 Å². The number of aromatic nitrogens is 1.